The standard InChI is InChI=1S/C24H26F3IN2O3S/c1-14(2)30-20(32)11-23(22(33)29-13-24(25,26)27,34-17-7-4-15(3)5-8-17)21(30)18-9-6-16(12-31)10-19(18)28/h4-10,14,21,31H,11-13H2,1-3H3,(H,29,33)/t21-,23-/m1/s1. The van der Waals surface area contributed by atoms with E-state index in [0.29, 0.717) is 19.6 Å². The molecule has 0 spiro atoms. The minimum Gasteiger partial charge on any atom is -0.392 e. The van der Waals surface area contributed by atoms with E-state index in [1.54, 1.807) is 35.2 Å². The van der Waals surface area contributed by atoms with Crippen molar-refractivity contribution in [3.63, 3.8) is 0 Å². The molecule has 0 bridgehead atoms. The predicted molar refractivity (Wildman–Crippen MR) is 133 cm³/mol. The second-order valence-electron chi connectivity index (χ2n) is 8.59. The highest BCUT2D eigenvalue weighted by atomic mass is 127. The highest BCUT2D eigenvalue weighted by Crippen LogP contribution is 2.54. The van der Waals surface area contributed by atoms with Crippen molar-refractivity contribution >= 4 is 46.2 Å². The molecule has 0 unspecified atom stereocenters. The number of halogens is 4. The molecule has 2 aromatic rings. The van der Waals surface area contributed by atoms with Crippen LogP contribution in [0.3, 0.4) is 0 Å². The highest BCUT2D eigenvalue weighted by Gasteiger charge is 2.59. The molecule has 2 N–H and O–H groups in total. The number of aryl methyl sites for hydroxylation is 1. The lowest BCUT2D eigenvalue weighted by molar-refractivity contribution is -0.140. The van der Waals surface area contributed by atoms with Gasteiger partial charge in [-0.1, -0.05) is 29.8 Å². The first-order valence-electron chi connectivity index (χ1n) is 10.7. The van der Waals surface area contributed by atoms with Gasteiger partial charge in [0.2, 0.25) is 11.8 Å². The van der Waals surface area contributed by atoms with Gasteiger partial charge in [0.05, 0.1) is 19.1 Å². The summed E-state index contributed by atoms with van der Waals surface area (Å²) >= 11 is 3.20. The molecule has 1 aliphatic heterocycles. The van der Waals surface area contributed by atoms with Gasteiger partial charge in [0.15, 0.2) is 0 Å². The van der Waals surface area contributed by atoms with E-state index in [0.717, 1.165) is 17.3 Å². The maximum atomic E-state index is 13.6. The molecule has 0 aliphatic carbocycles. The number of carbonyl (C=O) groups is 2. The van der Waals surface area contributed by atoms with Crippen molar-refractivity contribution in [1.29, 1.82) is 0 Å². The number of nitrogens with zero attached hydrogens (tertiary/aromatic N) is 1. The average Bonchev–Trinajstić information content (AvgIpc) is 3.05. The maximum Gasteiger partial charge on any atom is 0.405 e. The number of rotatable bonds is 7. The third kappa shape index (κ3) is 5.71. The zero-order chi connectivity index (χ0) is 25.3. The molecule has 5 nitrogen and oxygen atoms in total. The van der Waals surface area contributed by atoms with Gasteiger partial charge in [0.25, 0.3) is 0 Å². The van der Waals surface area contributed by atoms with E-state index < -0.39 is 29.4 Å². The molecule has 0 saturated carbocycles. The SMILES string of the molecule is Cc1ccc(S[C@]2(C(=O)NCC(F)(F)F)CC(=O)N(C(C)C)[C@@H]2c2ccc(CO)cc2I)cc1. The van der Waals surface area contributed by atoms with E-state index >= 15 is 0 Å². The van der Waals surface area contributed by atoms with Crippen molar-refractivity contribution in [2.45, 2.75) is 61.7 Å². The number of hydrogen-bond donors (Lipinski definition) is 2. The lowest BCUT2D eigenvalue weighted by Crippen LogP contribution is -2.51. The fourth-order valence-electron chi connectivity index (χ4n) is 4.15. The van der Waals surface area contributed by atoms with E-state index in [1.807, 2.05) is 32.9 Å². The fourth-order valence-corrected chi connectivity index (χ4v) is 6.43. The Balaban J connectivity index is 2.19. The van der Waals surface area contributed by atoms with E-state index in [2.05, 4.69) is 27.9 Å². The zero-order valence-corrected chi connectivity index (χ0v) is 21.9. The Morgan fingerprint density at radius 1 is 1.26 bits per heavy atom. The largest absolute Gasteiger partial charge is 0.405 e. The molecule has 34 heavy (non-hydrogen) atoms. The van der Waals surface area contributed by atoms with Gasteiger partial charge in [-0.3, -0.25) is 9.59 Å². The van der Waals surface area contributed by atoms with Gasteiger partial charge in [0.1, 0.15) is 11.3 Å². The number of aliphatic hydroxyl groups excluding tert-OH is 1. The molecule has 0 aromatic heterocycles. The van der Waals surface area contributed by atoms with Gasteiger partial charge < -0.3 is 15.3 Å². The van der Waals surface area contributed by atoms with Crippen molar-refractivity contribution in [3.8, 4) is 0 Å². The number of benzene rings is 2. The zero-order valence-electron chi connectivity index (χ0n) is 18.9. The van der Waals surface area contributed by atoms with Gasteiger partial charge in [-0.2, -0.15) is 13.2 Å². The first-order valence-corrected chi connectivity index (χ1v) is 12.6. The van der Waals surface area contributed by atoms with Crippen LogP contribution in [0.4, 0.5) is 13.2 Å². The summed E-state index contributed by atoms with van der Waals surface area (Å²) in [6.45, 7) is 3.89. The molecule has 1 aliphatic rings. The first-order chi connectivity index (χ1) is 15.9. The van der Waals surface area contributed by atoms with E-state index in [9.17, 15) is 27.9 Å². The summed E-state index contributed by atoms with van der Waals surface area (Å²) in [6.07, 6.45) is -4.83. The average molecular weight is 606 g/mol. The minimum atomic E-state index is -4.58. The molecule has 1 fully saturated rings. The van der Waals surface area contributed by atoms with Gasteiger partial charge >= 0.3 is 6.18 Å². The molecule has 184 valence electrons. The summed E-state index contributed by atoms with van der Waals surface area (Å²) in [5, 5.41) is 11.6. The van der Waals surface area contributed by atoms with Crippen molar-refractivity contribution < 1.29 is 27.9 Å². The molecular formula is C24H26F3IN2O3S. The summed E-state index contributed by atoms with van der Waals surface area (Å²) in [4.78, 5) is 29.1. The van der Waals surface area contributed by atoms with Gasteiger partial charge in [-0.15, -0.1) is 11.8 Å². The Kier molecular flexibility index (Phi) is 8.24. The van der Waals surface area contributed by atoms with Crippen molar-refractivity contribution in [1.82, 2.24) is 10.2 Å². The van der Waals surface area contributed by atoms with Crippen LogP contribution in [0.25, 0.3) is 0 Å². The highest BCUT2D eigenvalue weighted by molar-refractivity contribution is 14.1. The number of amides is 2. The number of nitrogens with one attached hydrogen (secondary N) is 1. The van der Waals surface area contributed by atoms with Crippen molar-refractivity contribution in [2.75, 3.05) is 6.54 Å². The number of likely N-dealkylation sites (tertiary alicyclic amines) is 1. The van der Waals surface area contributed by atoms with Crippen LogP contribution in [0.5, 0.6) is 0 Å². The molecular weight excluding hydrogens is 580 g/mol. The molecule has 2 atom stereocenters. The van der Waals surface area contributed by atoms with Crippen LogP contribution >= 0.6 is 34.4 Å². The third-order valence-corrected chi connectivity index (χ3v) is 8.03. The molecule has 2 aromatic carbocycles. The van der Waals surface area contributed by atoms with Gasteiger partial charge in [0, 0.05) is 14.5 Å². The topological polar surface area (TPSA) is 69.6 Å². The monoisotopic (exact) mass is 606 g/mol. The lowest BCUT2D eigenvalue weighted by atomic mass is 9.90. The molecule has 2 amide bonds. The lowest BCUT2D eigenvalue weighted by Gasteiger charge is -2.38. The number of alkyl halides is 3. The molecule has 1 saturated heterocycles. The minimum absolute atomic E-state index is 0.177. The Morgan fingerprint density at radius 3 is 2.44 bits per heavy atom. The number of aliphatic hydroxyl groups is 1. The predicted octanol–water partition coefficient (Wildman–Crippen LogP) is 4.98. The Morgan fingerprint density at radius 2 is 1.91 bits per heavy atom. The first kappa shape index (κ1) is 26.8. The van der Waals surface area contributed by atoms with E-state index in [4.69, 9.17) is 0 Å². The Hall–Kier alpha value is -1.79. The molecule has 0 radical (unpaired) electrons. The van der Waals surface area contributed by atoms with Crippen molar-refractivity contribution in [3.05, 3.63) is 62.7 Å². The third-order valence-electron chi connectivity index (χ3n) is 5.67. The Bertz CT molecular complexity index is 1060. The summed E-state index contributed by atoms with van der Waals surface area (Å²) in [7, 11) is 0. The smallest absolute Gasteiger partial charge is 0.392 e. The number of hydrogen-bond acceptors (Lipinski definition) is 4. The fraction of sp³-hybridized carbons (Fsp3) is 0.417. The van der Waals surface area contributed by atoms with E-state index in [-0.39, 0.29) is 25.0 Å². The molecule has 1 heterocycles. The molecule has 3 rings (SSSR count). The number of thioether (sulfide) groups is 1. The normalized spacial score (nSPS) is 20.8. The maximum absolute atomic E-state index is 13.6. The van der Waals surface area contributed by atoms with Crippen molar-refractivity contribution in [2.24, 2.45) is 0 Å². The summed E-state index contributed by atoms with van der Waals surface area (Å²) in [5.41, 5.74) is 2.31. The van der Waals surface area contributed by atoms with Crippen LogP contribution in [0.2, 0.25) is 0 Å². The summed E-state index contributed by atoms with van der Waals surface area (Å²) < 4.78 is 38.3. The quantitative estimate of drug-likeness (QED) is 0.437. The number of carbonyl (C=O) groups excluding carboxylic acids is 2. The van der Waals surface area contributed by atoms with Crippen LogP contribution in [0, 0.1) is 10.5 Å². The van der Waals surface area contributed by atoms with Gasteiger partial charge in [-0.05, 0) is 72.7 Å². The van der Waals surface area contributed by atoms with Crippen LogP contribution in [-0.4, -0.2) is 45.3 Å². The second kappa shape index (κ2) is 10.4. The van der Waals surface area contributed by atoms with Crippen LogP contribution in [0.15, 0.2) is 47.4 Å². The van der Waals surface area contributed by atoms with Gasteiger partial charge in [-0.25, -0.2) is 0 Å². The van der Waals surface area contributed by atoms with Crippen LogP contribution in [-0.2, 0) is 16.2 Å². The van der Waals surface area contributed by atoms with Crippen LogP contribution < -0.4 is 5.32 Å². The van der Waals surface area contributed by atoms with E-state index in [1.165, 1.54) is 0 Å². The molecule has 10 heteroatoms. The van der Waals surface area contributed by atoms with Crippen LogP contribution in [0.1, 0.15) is 43.0 Å². The summed E-state index contributed by atoms with van der Waals surface area (Å²) in [5.74, 6) is -1.14. The summed E-state index contributed by atoms with van der Waals surface area (Å²) in [6, 6.07) is 11.4. The second-order valence-corrected chi connectivity index (χ2v) is 11.2. The Labute approximate surface area is 214 Å².